The number of nitrogens with zero attached hydrogens (tertiary/aromatic N) is 2. The molecule has 2 aromatic rings. The van der Waals surface area contributed by atoms with Crippen molar-refractivity contribution in [2.24, 2.45) is 11.7 Å². The number of likely N-dealkylation sites (tertiary alicyclic amines) is 1. The number of nitrogens with one attached hydrogen (secondary N) is 2. The smallest absolute Gasteiger partial charge is 0.245 e. The number of nitrogen functional groups attached to an aromatic ring is 1. The van der Waals surface area contributed by atoms with E-state index in [2.05, 4.69) is 24.1 Å². The van der Waals surface area contributed by atoms with Gasteiger partial charge in [0.15, 0.2) is 0 Å². The number of benzene rings is 2. The van der Waals surface area contributed by atoms with Gasteiger partial charge in [0.25, 0.3) is 0 Å². The fraction of sp³-hybridized carbons (Fsp3) is 0.559. The number of fused-ring (bicyclic) bond motifs is 1. The maximum atomic E-state index is 14.1. The van der Waals surface area contributed by atoms with Crippen LogP contribution in [0, 0.1) is 11.3 Å². The maximum Gasteiger partial charge on any atom is 0.245 e. The zero-order valence-electron chi connectivity index (χ0n) is 25.2. The molecule has 8 heteroatoms. The van der Waals surface area contributed by atoms with Gasteiger partial charge >= 0.3 is 0 Å². The lowest BCUT2D eigenvalue weighted by atomic mass is 9.88. The lowest BCUT2D eigenvalue weighted by molar-refractivity contribution is -0.120. The Balaban J connectivity index is 1.32. The molecule has 0 bridgehead atoms. The summed E-state index contributed by atoms with van der Waals surface area (Å²) in [5, 5.41) is 10.6. The van der Waals surface area contributed by atoms with Gasteiger partial charge < -0.3 is 16.0 Å². The minimum atomic E-state index is -0.408. The molecule has 4 N–H and O–H groups in total. The molecule has 2 heterocycles. The molecule has 1 saturated carbocycles. The number of hydrogen-bond donors (Lipinski definition) is 3. The Kier molecular flexibility index (Phi) is 10.3. The van der Waals surface area contributed by atoms with Crippen molar-refractivity contribution in [3.63, 3.8) is 0 Å². The average Bonchev–Trinajstić information content (AvgIpc) is 2.99. The third-order valence-corrected chi connectivity index (χ3v) is 10.7. The van der Waals surface area contributed by atoms with Gasteiger partial charge in [-0.3, -0.25) is 19.9 Å². The Labute approximate surface area is 255 Å². The molecule has 0 spiro atoms. The van der Waals surface area contributed by atoms with E-state index in [1.165, 1.54) is 37.4 Å². The van der Waals surface area contributed by atoms with Gasteiger partial charge in [-0.05, 0) is 88.7 Å². The monoisotopic (exact) mass is 589 g/mol. The van der Waals surface area contributed by atoms with Crippen LogP contribution in [-0.4, -0.2) is 47.7 Å². The van der Waals surface area contributed by atoms with Crippen LogP contribution in [0.5, 0.6) is 0 Å². The second kappa shape index (κ2) is 14.1. The van der Waals surface area contributed by atoms with Gasteiger partial charge in [0.2, 0.25) is 11.8 Å². The SMILES string of the molecule is C[C@@H]1CCC[C@H](C)N1CCCCCN1C(=O)C(c2cccc(C(=N)N)c2)Sc2ccc(NC(=O)C3CCCCC3)cc21. The molecule has 0 radical (unpaired) electrons. The van der Waals surface area contributed by atoms with Crippen LogP contribution in [0.25, 0.3) is 0 Å². The zero-order chi connectivity index (χ0) is 29.6. The number of amides is 2. The molecular formula is C34H47N5O2S. The maximum absolute atomic E-state index is 14.1. The largest absolute Gasteiger partial charge is 0.384 e. The Morgan fingerprint density at radius 3 is 2.43 bits per heavy atom. The molecule has 7 nitrogen and oxygen atoms in total. The van der Waals surface area contributed by atoms with Crippen LogP contribution in [-0.2, 0) is 9.59 Å². The molecular weight excluding hydrogens is 542 g/mol. The minimum absolute atomic E-state index is 0.00180. The number of rotatable bonds is 10. The highest BCUT2D eigenvalue weighted by Gasteiger charge is 2.35. The molecule has 2 aliphatic heterocycles. The normalized spacial score (nSPS) is 23.4. The summed E-state index contributed by atoms with van der Waals surface area (Å²) in [4.78, 5) is 32.7. The lowest BCUT2D eigenvalue weighted by Gasteiger charge is -2.39. The summed E-state index contributed by atoms with van der Waals surface area (Å²) in [6.07, 6.45) is 12.3. The summed E-state index contributed by atoms with van der Waals surface area (Å²) in [5.41, 5.74) is 8.89. The highest BCUT2D eigenvalue weighted by molar-refractivity contribution is 8.00. The topological polar surface area (TPSA) is 103 Å². The number of nitrogens with two attached hydrogens (primary N) is 1. The van der Waals surface area contributed by atoms with Crippen molar-refractivity contribution in [1.29, 1.82) is 5.41 Å². The first-order valence-corrected chi connectivity index (χ1v) is 16.8. The Hall–Kier alpha value is -2.84. The van der Waals surface area contributed by atoms with E-state index in [1.54, 1.807) is 6.07 Å². The van der Waals surface area contributed by atoms with E-state index < -0.39 is 5.25 Å². The molecule has 0 aromatic heterocycles. The van der Waals surface area contributed by atoms with Crippen molar-refractivity contribution in [2.75, 3.05) is 23.3 Å². The Morgan fingerprint density at radius 2 is 1.69 bits per heavy atom. The van der Waals surface area contributed by atoms with Crippen molar-refractivity contribution in [3.05, 3.63) is 53.6 Å². The Morgan fingerprint density at radius 1 is 0.952 bits per heavy atom. The third kappa shape index (κ3) is 7.20. The lowest BCUT2D eigenvalue weighted by Crippen LogP contribution is -2.44. The van der Waals surface area contributed by atoms with E-state index in [-0.39, 0.29) is 23.6 Å². The van der Waals surface area contributed by atoms with Crippen LogP contribution in [0.1, 0.15) is 101 Å². The first-order valence-electron chi connectivity index (χ1n) is 15.9. The molecule has 3 atom stereocenters. The quantitative estimate of drug-likeness (QED) is 0.156. The van der Waals surface area contributed by atoms with Crippen LogP contribution in [0.2, 0.25) is 0 Å². The molecule has 1 unspecified atom stereocenters. The van der Waals surface area contributed by atoms with Crippen molar-refractivity contribution >= 4 is 40.8 Å². The predicted octanol–water partition coefficient (Wildman–Crippen LogP) is 7.10. The number of piperidine rings is 1. The van der Waals surface area contributed by atoms with E-state index in [4.69, 9.17) is 11.1 Å². The van der Waals surface area contributed by atoms with E-state index >= 15 is 0 Å². The molecule has 5 rings (SSSR count). The predicted molar refractivity (Wildman–Crippen MR) is 173 cm³/mol. The molecule has 2 fully saturated rings. The second-order valence-electron chi connectivity index (χ2n) is 12.5. The standard InChI is InChI=1S/C34H47N5O2S/c1-23-11-9-12-24(2)38(23)19-7-4-8-20-39-29-22-28(37-33(40)25-13-5-3-6-14-25)17-18-30(29)42-31(34(39)41)26-15-10-16-27(21-26)32(35)36/h10,15-18,21-25,31H,3-9,11-14,19-20H2,1-2H3,(H3,35,36)(H,37,40)/t23-,24+,31?. The van der Waals surface area contributed by atoms with Gasteiger partial charge in [0, 0.05) is 40.7 Å². The van der Waals surface area contributed by atoms with Gasteiger partial charge in [-0.15, -0.1) is 11.8 Å². The van der Waals surface area contributed by atoms with Crippen LogP contribution in [0.3, 0.4) is 0 Å². The van der Waals surface area contributed by atoms with E-state index in [0.717, 1.165) is 73.3 Å². The molecule has 42 heavy (non-hydrogen) atoms. The van der Waals surface area contributed by atoms with Crippen LogP contribution in [0.15, 0.2) is 47.4 Å². The fourth-order valence-corrected chi connectivity index (χ4v) is 8.12. The summed E-state index contributed by atoms with van der Waals surface area (Å²) in [6.45, 7) is 6.45. The number of carbonyl (C=O) groups is 2. The van der Waals surface area contributed by atoms with Crippen molar-refractivity contribution in [1.82, 2.24) is 4.90 Å². The number of hydrogen-bond acceptors (Lipinski definition) is 5. The van der Waals surface area contributed by atoms with Crippen molar-refractivity contribution in [2.45, 2.75) is 107 Å². The van der Waals surface area contributed by atoms with Crippen molar-refractivity contribution in [3.8, 4) is 0 Å². The molecule has 2 amide bonds. The first kappa shape index (κ1) is 30.6. The number of unbranched alkanes of at least 4 members (excludes halogenated alkanes) is 2. The average molecular weight is 590 g/mol. The third-order valence-electron chi connectivity index (χ3n) is 9.40. The Bertz CT molecular complexity index is 1270. The zero-order valence-corrected chi connectivity index (χ0v) is 26.1. The summed E-state index contributed by atoms with van der Waals surface area (Å²) in [7, 11) is 0. The van der Waals surface area contributed by atoms with Gasteiger partial charge in [0.1, 0.15) is 11.1 Å². The summed E-state index contributed by atoms with van der Waals surface area (Å²) in [5.74, 6) is 0.210. The number of anilines is 2. The summed E-state index contributed by atoms with van der Waals surface area (Å²) in [6, 6.07) is 14.8. The van der Waals surface area contributed by atoms with Crippen LogP contribution >= 0.6 is 11.8 Å². The van der Waals surface area contributed by atoms with Crippen LogP contribution < -0.4 is 16.0 Å². The summed E-state index contributed by atoms with van der Waals surface area (Å²) < 4.78 is 0. The molecule has 2 aromatic carbocycles. The second-order valence-corrected chi connectivity index (χ2v) is 13.6. The van der Waals surface area contributed by atoms with E-state index in [1.807, 2.05) is 41.3 Å². The highest BCUT2D eigenvalue weighted by atomic mass is 32.2. The van der Waals surface area contributed by atoms with E-state index in [9.17, 15) is 9.59 Å². The first-order chi connectivity index (χ1) is 20.3. The molecule has 3 aliphatic rings. The number of thioether (sulfide) groups is 1. The number of amidine groups is 1. The van der Waals surface area contributed by atoms with Crippen LogP contribution in [0.4, 0.5) is 11.4 Å². The summed E-state index contributed by atoms with van der Waals surface area (Å²) >= 11 is 1.54. The molecule has 1 saturated heterocycles. The van der Waals surface area contributed by atoms with Gasteiger partial charge in [0.05, 0.1) is 5.69 Å². The minimum Gasteiger partial charge on any atom is -0.384 e. The van der Waals surface area contributed by atoms with Crippen molar-refractivity contribution < 1.29 is 9.59 Å². The highest BCUT2D eigenvalue weighted by Crippen LogP contribution is 2.47. The van der Waals surface area contributed by atoms with Gasteiger partial charge in [-0.1, -0.05) is 50.3 Å². The van der Waals surface area contributed by atoms with Gasteiger partial charge in [-0.2, -0.15) is 0 Å². The van der Waals surface area contributed by atoms with Gasteiger partial charge in [-0.25, -0.2) is 0 Å². The van der Waals surface area contributed by atoms with E-state index in [0.29, 0.717) is 24.2 Å². The number of carbonyl (C=O) groups excluding carboxylic acids is 2. The molecule has 226 valence electrons. The molecule has 1 aliphatic carbocycles. The fourth-order valence-electron chi connectivity index (χ4n) is 6.92.